The Bertz CT molecular complexity index is 911. The number of halogens is 2. The number of amides is 1. The highest BCUT2D eigenvalue weighted by atomic mass is 35.5. The lowest BCUT2D eigenvalue weighted by Crippen LogP contribution is -2.31. The number of hydrogen-bond donors (Lipinski definition) is 0. The molecule has 0 radical (unpaired) electrons. The molecule has 0 saturated heterocycles. The van der Waals surface area contributed by atoms with Crippen molar-refractivity contribution < 1.29 is 9.21 Å². The van der Waals surface area contributed by atoms with E-state index in [1.165, 1.54) is 0 Å². The van der Waals surface area contributed by atoms with Gasteiger partial charge in [-0.2, -0.15) is 0 Å². The van der Waals surface area contributed by atoms with Crippen LogP contribution in [0.15, 0.2) is 52.9 Å². The maximum Gasteiger partial charge on any atom is 0.254 e. The van der Waals surface area contributed by atoms with Gasteiger partial charge in [0, 0.05) is 17.1 Å². The standard InChI is InChI=1S/C19H17Cl2N3O2/c1-2-10-24(19(25)13-6-5-7-14(20)11-13)12-17-22-23-18(26-17)15-8-3-4-9-16(15)21/h3-9,11H,2,10,12H2,1H3. The van der Waals surface area contributed by atoms with Crippen molar-refractivity contribution in [2.75, 3.05) is 6.54 Å². The van der Waals surface area contributed by atoms with Crippen molar-refractivity contribution in [3.05, 3.63) is 70.0 Å². The normalized spacial score (nSPS) is 10.7. The van der Waals surface area contributed by atoms with Crippen molar-refractivity contribution in [3.63, 3.8) is 0 Å². The lowest BCUT2D eigenvalue weighted by molar-refractivity contribution is 0.0728. The number of aromatic nitrogens is 2. The predicted octanol–water partition coefficient (Wildman–Crippen LogP) is 5.10. The Kier molecular flexibility index (Phi) is 5.91. The van der Waals surface area contributed by atoms with Gasteiger partial charge in [0.05, 0.1) is 17.1 Å². The molecule has 0 aliphatic rings. The Labute approximate surface area is 161 Å². The Morgan fingerprint density at radius 3 is 2.65 bits per heavy atom. The van der Waals surface area contributed by atoms with Crippen LogP contribution in [-0.2, 0) is 6.54 Å². The molecule has 2 aromatic carbocycles. The zero-order chi connectivity index (χ0) is 18.5. The number of rotatable bonds is 6. The number of hydrogen-bond acceptors (Lipinski definition) is 4. The van der Waals surface area contributed by atoms with Crippen molar-refractivity contribution in [2.45, 2.75) is 19.9 Å². The largest absolute Gasteiger partial charge is 0.419 e. The van der Waals surface area contributed by atoms with E-state index < -0.39 is 0 Å². The van der Waals surface area contributed by atoms with Crippen molar-refractivity contribution in [2.24, 2.45) is 0 Å². The second-order valence-corrected chi connectivity index (χ2v) is 6.56. The van der Waals surface area contributed by atoms with Crippen LogP contribution in [-0.4, -0.2) is 27.5 Å². The number of carbonyl (C=O) groups is 1. The lowest BCUT2D eigenvalue weighted by atomic mass is 10.2. The number of benzene rings is 2. The zero-order valence-electron chi connectivity index (χ0n) is 14.2. The molecule has 0 aliphatic carbocycles. The first-order valence-electron chi connectivity index (χ1n) is 8.20. The molecule has 7 heteroatoms. The summed E-state index contributed by atoms with van der Waals surface area (Å²) in [5.74, 6) is 0.549. The topological polar surface area (TPSA) is 59.2 Å². The number of carbonyl (C=O) groups excluding carboxylic acids is 1. The SMILES string of the molecule is CCCN(Cc1nnc(-c2ccccc2Cl)o1)C(=O)c1cccc(Cl)c1. The van der Waals surface area contributed by atoms with Gasteiger partial charge in [0.15, 0.2) is 0 Å². The van der Waals surface area contributed by atoms with Gasteiger partial charge in [-0.3, -0.25) is 4.79 Å². The Morgan fingerprint density at radius 2 is 1.92 bits per heavy atom. The molecule has 0 saturated carbocycles. The summed E-state index contributed by atoms with van der Waals surface area (Å²) < 4.78 is 5.71. The molecular weight excluding hydrogens is 373 g/mol. The molecule has 0 aliphatic heterocycles. The van der Waals surface area contributed by atoms with Crippen LogP contribution in [0.4, 0.5) is 0 Å². The van der Waals surface area contributed by atoms with Crippen LogP contribution in [0.2, 0.25) is 10.0 Å². The van der Waals surface area contributed by atoms with Crippen LogP contribution in [0.3, 0.4) is 0 Å². The van der Waals surface area contributed by atoms with Gasteiger partial charge in [-0.25, -0.2) is 0 Å². The van der Waals surface area contributed by atoms with Gasteiger partial charge in [0.2, 0.25) is 11.8 Å². The van der Waals surface area contributed by atoms with E-state index in [9.17, 15) is 4.79 Å². The third-order valence-corrected chi connectivity index (χ3v) is 4.31. The van der Waals surface area contributed by atoms with Gasteiger partial charge in [-0.1, -0.05) is 48.3 Å². The van der Waals surface area contributed by atoms with Gasteiger partial charge in [0.25, 0.3) is 5.91 Å². The molecule has 0 unspecified atom stereocenters. The van der Waals surface area contributed by atoms with Gasteiger partial charge < -0.3 is 9.32 Å². The van der Waals surface area contributed by atoms with E-state index >= 15 is 0 Å². The molecule has 1 aromatic heterocycles. The minimum atomic E-state index is -0.133. The maximum atomic E-state index is 12.8. The third kappa shape index (κ3) is 4.23. The van der Waals surface area contributed by atoms with Crippen molar-refractivity contribution in [1.29, 1.82) is 0 Å². The van der Waals surface area contributed by atoms with Crippen LogP contribution in [0.5, 0.6) is 0 Å². The molecule has 0 atom stereocenters. The quantitative estimate of drug-likeness (QED) is 0.588. The van der Waals surface area contributed by atoms with E-state index in [1.807, 2.05) is 19.1 Å². The molecule has 0 fully saturated rings. The molecule has 5 nitrogen and oxygen atoms in total. The summed E-state index contributed by atoms with van der Waals surface area (Å²) in [6.07, 6.45) is 0.803. The molecule has 134 valence electrons. The minimum Gasteiger partial charge on any atom is -0.419 e. The summed E-state index contributed by atoms with van der Waals surface area (Å²) in [6.45, 7) is 2.78. The van der Waals surface area contributed by atoms with E-state index in [2.05, 4.69) is 10.2 Å². The van der Waals surface area contributed by atoms with E-state index in [-0.39, 0.29) is 12.5 Å². The highest BCUT2D eigenvalue weighted by molar-refractivity contribution is 6.33. The Hall–Kier alpha value is -2.37. The molecule has 0 N–H and O–H groups in total. The third-order valence-electron chi connectivity index (χ3n) is 3.75. The van der Waals surface area contributed by atoms with Crippen molar-refractivity contribution >= 4 is 29.1 Å². The van der Waals surface area contributed by atoms with Crippen LogP contribution in [0, 0.1) is 0 Å². The van der Waals surface area contributed by atoms with E-state index in [4.69, 9.17) is 27.6 Å². The maximum absolute atomic E-state index is 12.8. The summed E-state index contributed by atoms with van der Waals surface area (Å²) in [4.78, 5) is 14.4. The smallest absolute Gasteiger partial charge is 0.254 e. The van der Waals surface area contributed by atoms with Gasteiger partial charge in [-0.15, -0.1) is 10.2 Å². The fourth-order valence-corrected chi connectivity index (χ4v) is 2.96. The molecule has 1 amide bonds. The molecular formula is C19H17Cl2N3O2. The highest BCUT2D eigenvalue weighted by Crippen LogP contribution is 2.26. The van der Waals surface area contributed by atoms with Crippen LogP contribution < -0.4 is 0 Å². The van der Waals surface area contributed by atoms with Gasteiger partial charge in [-0.05, 0) is 36.8 Å². The fraction of sp³-hybridized carbons (Fsp3) is 0.211. The molecule has 26 heavy (non-hydrogen) atoms. The first kappa shape index (κ1) is 18.4. The van der Waals surface area contributed by atoms with Crippen LogP contribution in [0.1, 0.15) is 29.6 Å². The summed E-state index contributed by atoms with van der Waals surface area (Å²) in [5.41, 5.74) is 1.19. The molecule has 1 heterocycles. The van der Waals surface area contributed by atoms with E-state index in [0.29, 0.717) is 39.5 Å². The van der Waals surface area contributed by atoms with Gasteiger partial charge in [0.1, 0.15) is 0 Å². The molecule has 3 aromatic rings. The van der Waals surface area contributed by atoms with Crippen LogP contribution in [0.25, 0.3) is 11.5 Å². The molecule has 3 rings (SSSR count). The summed E-state index contributed by atoms with van der Waals surface area (Å²) in [6, 6.07) is 14.1. The Balaban J connectivity index is 1.81. The predicted molar refractivity (Wildman–Crippen MR) is 101 cm³/mol. The average molecular weight is 390 g/mol. The van der Waals surface area contributed by atoms with E-state index in [1.54, 1.807) is 41.3 Å². The number of nitrogens with zero attached hydrogens (tertiary/aromatic N) is 3. The minimum absolute atomic E-state index is 0.133. The summed E-state index contributed by atoms with van der Waals surface area (Å²) in [7, 11) is 0. The highest BCUT2D eigenvalue weighted by Gasteiger charge is 2.19. The summed E-state index contributed by atoms with van der Waals surface area (Å²) in [5, 5.41) is 9.15. The average Bonchev–Trinajstić information content (AvgIpc) is 3.09. The first-order valence-corrected chi connectivity index (χ1v) is 8.96. The molecule has 0 spiro atoms. The lowest BCUT2D eigenvalue weighted by Gasteiger charge is -2.20. The summed E-state index contributed by atoms with van der Waals surface area (Å²) >= 11 is 12.2. The zero-order valence-corrected chi connectivity index (χ0v) is 15.7. The van der Waals surface area contributed by atoms with E-state index in [0.717, 1.165) is 6.42 Å². The van der Waals surface area contributed by atoms with Crippen molar-refractivity contribution in [1.82, 2.24) is 15.1 Å². The second kappa shape index (κ2) is 8.34. The molecule has 0 bridgehead atoms. The fourth-order valence-electron chi connectivity index (χ4n) is 2.55. The van der Waals surface area contributed by atoms with Crippen LogP contribution >= 0.6 is 23.2 Å². The Morgan fingerprint density at radius 1 is 1.12 bits per heavy atom. The monoisotopic (exact) mass is 389 g/mol. The second-order valence-electron chi connectivity index (χ2n) is 5.72. The first-order chi connectivity index (χ1) is 12.6. The van der Waals surface area contributed by atoms with Gasteiger partial charge >= 0.3 is 0 Å². The van der Waals surface area contributed by atoms with Crippen molar-refractivity contribution in [3.8, 4) is 11.5 Å².